The molecule has 3 rings (SSSR count). The molecule has 6 nitrogen and oxygen atoms in total. The van der Waals surface area contributed by atoms with Gasteiger partial charge in [0.1, 0.15) is 17.2 Å². The Morgan fingerprint density at radius 1 is 1.24 bits per heavy atom. The van der Waals surface area contributed by atoms with Gasteiger partial charge in [-0.15, -0.1) is 0 Å². The lowest BCUT2D eigenvalue weighted by atomic mass is 10.1. The van der Waals surface area contributed by atoms with Crippen LogP contribution in [0.3, 0.4) is 0 Å². The third-order valence-electron chi connectivity index (χ3n) is 4.48. The quantitative estimate of drug-likeness (QED) is 0.847. The van der Waals surface area contributed by atoms with Crippen molar-refractivity contribution < 1.29 is 18.1 Å². The molecule has 0 spiro atoms. The molecule has 0 saturated carbocycles. The number of halogens is 2. The molecule has 1 aromatic heterocycles. The zero-order valence-corrected chi connectivity index (χ0v) is 14.2. The molecule has 8 heteroatoms. The van der Waals surface area contributed by atoms with Crippen molar-refractivity contribution in [2.45, 2.75) is 26.3 Å². The highest BCUT2D eigenvalue weighted by Gasteiger charge is 2.30. The van der Waals surface area contributed by atoms with Crippen molar-refractivity contribution in [3.8, 4) is 0 Å². The highest BCUT2D eigenvalue weighted by molar-refractivity contribution is 5.94. The average molecular weight is 350 g/mol. The predicted octanol–water partition coefficient (Wildman–Crippen LogP) is 2.43. The SMILES string of the molecule is CCc1noc(C(C)N2CCN(C(=O)c3c(F)cccc3F)CC2)n1. The molecule has 25 heavy (non-hydrogen) atoms. The van der Waals surface area contributed by atoms with Crippen LogP contribution >= 0.6 is 0 Å². The summed E-state index contributed by atoms with van der Waals surface area (Å²) in [5, 5.41) is 3.89. The Morgan fingerprint density at radius 2 is 1.88 bits per heavy atom. The normalized spacial score (nSPS) is 16.9. The number of aryl methyl sites for hydroxylation is 1. The fraction of sp³-hybridized carbons (Fsp3) is 0.471. The Morgan fingerprint density at radius 3 is 2.44 bits per heavy atom. The predicted molar refractivity (Wildman–Crippen MR) is 85.9 cm³/mol. The first-order valence-electron chi connectivity index (χ1n) is 8.31. The number of piperazine rings is 1. The monoisotopic (exact) mass is 350 g/mol. The second kappa shape index (κ2) is 7.26. The van der Waals surface area contributed by atoms with Crippen LogP contribution in [-0.4, -0.2) is 52.0 Å². The molecular formula is C17H20F2N4O2. The van der Waals surface area contributed by atoms with E-state index in [1.165, 1.54) is 11.0 Å². The van der Waals surface area contributed by atoms with Gasteiger partial charge in [0.15, 0.2) is 5.82 Å². The zero-order chi connectivity index (χ0) is 18.0. The summed E-state index contributed by atoms with van der Waals surface area (Å²) in [4.78, 5) is 20.3. The molecule has 1 aliphatic rings. The van der Waals surface area contributed by atoms with Gasteiger partial charge in [-0.05, 0) is 19.1 Å². The summed E-state index contributed by atoms with van der Waals surface area (Å²) in [6, 6.07) is 3.36. The summed E-state index contributed by atoms with van der Waals surface area (Å²) in [6.07, 6.45) is 0.701. The molecule has 2 aromatic rings. The van der Waals surface area contributed by atoms with E-state index in [1.807, 2.05) is 13.8 Å². The molecule has 1 fully saturated rings. The van der Waals surface area contributed by atoms with Crippen molar-refractivity contribution in [3.63, 3.8) is 0 Å². The molecular weight excluding hydrogens is 330 g/mol. The van der Waals surface area contributed by atoms with E-state index in [0.717, 1.165) is 12.1 Å². The Labute approximate surface area is 144 Å². The maximum atomic E-state index is 13.8. The van der Waals surface area contributed by atoms with Crippen LogP contribution in [-0.2, 0) is 6.42 Å². The van der Waals surface area contributed by atoms with Gasteiger partial charge in [-0.1, -0.05) is 18.1 Å². The molecule has 0 radical (unpaired) electrons. The topological polar surface area (TPSA) is 62.5 Å². The minimum atomic E-state index is -0.834. The lowest BCUT2D eigenvalue weighted by Crippen LogP contribution is -2.49. The van der Waals surface area contributed by atoms with Gasteiger partial charge >= 0.3 is 0 Å². The molecule has 1 unspecified atom stereocenters. The molecule has 134 valence electrons. The number of carbonyl (C=O) groups excluding carboxylic acids is 1. The first-order valence-corrected chi connectivity index (χ1v) is 8.31. The number of rotatable bonds is 4. The molecule has 1 saturated heterocycles. The van der Waals surface area contributed by atoms with E-state index in [2.05, 4.69) is 15.0 Å². The molecule has 0 N–H and O–H groups in total. The van der Waals surface area contributed by atoms with E-state index in [4.69, 9.17) is 4.52 Å². The van der Waals surface area contributed by atoms with E-state index in [1.54, 1.807) is 0 Å². The maximum absolute atomic E-state index is 13.8. The van der Waals surface area contributed by atoms with Crippen LogP contribution < -0.4 is 0 Å². The van der Waals surface area contributed by atoms with Gasteiger partial charge in [0.25, 0.3) is 5.91 Å². The molecule has 0 bridgehead atoms. The Hall–Kier alpha value is -2.35. The largest absolute Gasteiger partial charge is 0.338 e. The first kappa shape index (κ1) is 17.5. The number of benzene rings is 1. The van der Waals surface area contributed by atoms with Gasteiger partial charge in [-0.25, -0.2) is 8.78 Å². The van der Waals surface area contributed by atoms with Crippen LogP contribution in [0, 0.1) is 11.6 Å². The summed E-state index contributed by atoms with van der Waals surface area (Å²) in [6.45, 7) is 5.80. The third kappa shape index (κ3) is 3.53. The smallest absolute Gasteiger partial charge is 0.259 e. The van der Waals surface area contributed by atoms with Gasteiger partial charge in [-0.3, -0.25) is 9.69 Å². The van der Waals surface area contributed by atoms with E-state index in [9.17, 15) is 13.6 Å². The Bertz CT molecular complexity index is 737. The maximum Gasteiger partial charge on any atom is 0.259 e. The van der Waals surface area contributed by atoms with Crippen molar-refractivity contribution in [3.05, 3.63) is 47.1 Å². The van der Waals surface area contributed by atoms with Crippen LogP contribution in [0.25, 0.3) is 0 Å². The fourth-order valence-corrected chi connectivity index (χ4v) is 2.91. The van der Waals surface area contributed by atoms with Crippen LogP contribution in [0.5, 0.6) is 0 Å². The molecule has 0 aliphatic carbocycles. The molecule has 2 heterocycles. The third-order valence-corrected chi connectivity index (χ3v) is 4.48. The minimum absolute atomic E-state index is 0.0738. The summed E-state index contributed by atoms with van der Waals surface area (Å²) >= 11 is 0. The number of amides is 1. The van der Waals surface area contributed by atoms with Gasteiger partial charge in [-0.2, -0.15) is 4.98 Å². The first-order chi connectivity index (χ1) is 12.0. The van der Waals surface area contributed by atoms with Crippen molar-refractivity contribution in [1.82, 2.24) is 19.9 Å². The second-order valence-corrected chi connectivity index (χ2v) is 6.00. The lowest BCUT2D eigenvalue weighted by molar-refractivity contribution is 0.0543. The lowest BCUT2D eigenvalue weighted by Gasteiger charge is -2.36. The minimum Gasteiger partial charge on any atom is -0.338 e. The number of hydrogen-bond donors (Lipinski definition) is 0. The number of carbonyl (C=O) groups is 1. The van der Waals surface area contributed by atoms with Crippen molar-refractivity contribution in [2.75, 3.05) is 26.2 Å². The van der Waals surface area contributed by atoms with Crippen LogP contribution in [0.15, 0.2) is 22.7 Å². The van der Waals surface area contributed by atoms with Crippen molar-refractivity contribution >= 4 is 5.91 Å². The second-order valence-electron chi connectivity index (χ2n) is 6.00. The highest BCUT2D eigenvalue weighted by Crippen LogP contribution is 2.22. The average Bonchev–Trinajstić information content (AvgIpc) is 3.10. The summed E-state index contributed by atoms with van der Waals surface area (Å²) in [7, 11) is 0. The number of nitrogens with zero attached hydrogens (tertiary/aromatic N) is 4. The number of hydrogen-bond acceptors (Lipinski definition) is 5. The summed E-state index contributed by atoms with van der Waals surface area (Å²) < 4.78 is 32.8. The van der Waals surface area contributed by atoms with E-state index >= 15 is 0 Å². The summed E-state index contributed by atoms with van der Waals surface area (Å²) in [5.41, 5.74) is -0.492. The Balaban J connectivity index is 1.64. The van der Waals surface area contributed by atoms with Crippen LogP contribution in [0.2, 0.25) is 0 Å². The summed E-state index contributed by atoms with van der Waals surface area (Å²) in [5.74, 6) is -1.09. The molecule has 1 atom stereocenters. The standard InChI is InChI=1S/C17H20F2N4O2/c1-3-14-20-16(25-21-14)11(2)22-7-9-23(10-8-22)17(24)15-12(18)5-4-6-13(15)19/h4-6,11H,3,7-10H2,1-2H3. The zero-order valence-electron chi connectivity index (χ0n) is 14.2. The van der Waals surface area contributed by atoms with Crippen molar-refractivity contribution in [2.24, 2.45) is 0 Å². The molecule has 1 aromatic carbocycles. The van der Waals surface area contributed by atoms with Crippen LogP contribution in [0.4, 0.5) is 8.78 Å². The molecule has 1 aliphatic heterocycles. The van der Waals surface area contributed by atoms with Gasteiger partial charge in [0.05, 0.1) is 6.04 Å². The number of aromatic nitrogens is 2. The van der Waals surface area contributed by atoms with E-state index in [-0.39, 0.29) is 6.04 Å². The van der Waals surface area contributed by atoms with E-state index in [0.29, 0.717) is 44.3 Å². The van der Waals surface area contributed by atoms with Gasteiger partial charge in [0.2, 0.25) is 5.89 Å². The van der Waals surface area contributed by atoms with E-state index < -0.39 is 23.1 Å². The van der Waals surface area contributed by atoms with Crippen molar-refractivity contribution in [1.29, 1.82) is 0 Å². The molecule has 1 amide bonds. The fourth-order valence-electron chi connectivity index (χ4n) is 2.91. The Kier molecular flexibility index (Phi) is 5.08. The highest BCUT2D eigenvalue weighted by atomic mass is 19.1. The van der Waals surface area contributed by atoms with Gasteiger partial charge in [0, 0.05) is 32.6 Å². The van der Waals surface area contributed by atoms with Gasteiger partial charge < -0.3 is 9.42 Å². The van der Waals surface area contributed by atoms with Crippen LogP contribution in [0.1, 0.15) is 42.0 Å².